The number of amides is 1. The Morgan fingerprint density at radius 1 is 1.00 bits per heavy atom. The van der Waals surface area contributed by atoms with Crippen LogP contribution in [0.15, 0.2) is 54.6 Å². The molecule has 114 valence electrons. The van der Waals surface area contributed by atoms with Crippen molar-refractivity contribution in [1.29, 1.82) is 0 Å². The lowest BCUT2D eigenvalue weighted by atomic mass is 9.95. The molecule has 1 aliphatic heterocycles. The maximum absolute atomic E-state index is 12.3. The molecule has 0 saturated carbocycles. The number of anilines is 2. The van der Waals surface area contributed by atoms with Gasteiger partial charge in [0.25, 0.3) is 0 Å². The number of hydrogen-bond acceptors (Lipinski definition) is 2. The fourth-order valence-electron chi connectivity index (χ4n) is 2.82. The quantitative estimate of drug-likeness (QED) is 0.921. The Hall–Kier alpha value is -2.00. The van der Waals surface area contributed by atoms with Crippen molar-refractivity contribution in [3.05, 3.63) is 59.6 Å². The molecule has 0 radical (unpaired) electrons. The highest BCUT2D eigenvalue weighted by molar-refractivity contribution is 6.30. The van der Waals surface area contributed by atoms with E-state index in [1.807, 2.05) is 18.2 Å². The van der Waals surface area contributed by atoms with Crippen LogP contribution >= 0.6 is 11.6 Å². The van der Waals surface area contributed by atoms with Crippen molar-refractivity contribution in [1.82, 2.24) is 0 Å². The van der Waals surface area contributed by atoms with Gasteiger partial charge < -0.3 is 10.2 Å². The summed E-state index contributed by atoms with van der Waals surface area (Å²) < 4.78 is 0. The molecular weight excluding hydrogens is 296 g/mol. The van der Waals surface area contributed by atoms with Crippen molar-refractivity contribution in [3.8, 4) is 0 Å². The Balaban J connectivity index is 1.54. The average Bonchev–Trinajstić information content (AvgIpc) is 2.58. The number of rotatable bonds is 3. The van der Waals surface area contributed by atoms with E-state index in [9.17, 15) is 4.79 Å². The van der Waals surface area contributed by atoms with Crippen molar-refractivity contribution in [3.63, 3.8) is 0 Å². The van der Waals surface area contributed by atoms with E-state index in [0.717, 1.165) is 31.6 Å². The number of nitrogens with one attached hydrogen (secondary N) is 1. The maximum atomic E-state index is 12.3. The zero-order chi connectivity index (χ0) is 15.4. The number of para-hydroxylation sites is 1. The van der Waals surface area contributed by atoms with Gasteiger partial charge in [-0.05, 0) is 49.2 Å². The third-order valence-corrected chi connectivity index (χ3v) is 4.35. The van der Waals surface area contributed by atoms with Gasteiger partial charge in [0.15, 0.2) is 0 Å². The third-order valence-electron chi connectivity index (χ3n) is 4.10. The summed E-state index contributed by atoms with van der Waals surface area (Å²) in [5.74, 6) is 0.186. The minimum atomic E-state index is 0.0793. The molecule has 1 N–H and O–H groups in total. The van der Waals surface area contributed by atoms with Crippen molar-refractivity contribution < 1.29 is 4.79 Å². The zero-order valence-corrected chi connectivity index (χ0v) is 13.1. The van der Waals surface area contributed by atoms with Crippen molar-refractivity contribution >= 4 is 28.9 Å². The van der Waals surface area contributed by atoms with Gasteiger partial charge in [-0.15, -0.1) is 0 Å². The van der Waals surface area contributed by atoms with Gasteiger partial charge in [0.2, 0.25) is 5.91 Å². The molecule has 0 atom stereocenters. The normalized spacial score (nSPS) is 15.6. The van der Waals surface area contributed by atoms with Crippen LogP contribution in [0.2, 0.25) is 5.02 Å². The van der Waals surface area contributed by atoms with Crippen molar-refractivity contribution in [2.24, 2.45) is 5.92 Å². The van der Waals surface area contributed by atoms with E-state index in [0.29, 0.717) is 5.02 Å². The first-order valence-electron chi connectivity index (χ1n) is 7.59. The molecule has 0 aromatic heterocycles. The summed E-state index contributed by atoms with van der Waals surface area (Å²) in [6, 6.07) is 17.6. The van der Waals surface area contributed by atoms with E-state index >= 15 is 0 Å². The smallest absolute Gasteiger partial charge is 0.227 e. The molecule has 22 heavy (non-hydrogen) atoms. The molecule has 1 saturated heterocycles. The van der Waals surface area contributed by atoms with E-state index in [1.165, 1.54) is 5.69 Å². The second-order valence-corrected chi connectivity index (χ2v) is 6.03. The summed E-state index contributed by atoms with van der Waals surface area (Å²) in [7, 11) is 0. The molecule has 3 rings (SSSR count). The van der Waals surface area contributed by atoms with Crippen LogP contribution in [0.3, 0.4) is 0 Å². The van der Waals surface area contributed by atoms with E-state index in [-0.39, 0.29) is 11.8 Å². The van der Waals surface area contributed by atoms with Gasteiger partial charge in [-0.25, -0.2) is 0 Å². The Morgan fingerprint density at radius 2 is 1.64 bits per heavy atom. The van der Waals surface area contributed by atoms with E-state index in [4.69, 9.17) is 11.6 Å². The molecule has 0 spiro atoms. The van der Waals surface area contributed by atoms with Crippen LogP contribution in [0.4, 0.5) is 11.4 Å². The number of benzene rings is 2. The van der Waals surface area contributed by atoms with Crippen LogP contribution in [0.25, 0.3) is 0 Å². The standard InChI is InChI=1S/C18H19ClN2O/c19-15-6-8-16(9-7-15)20-18(22)14-10-12-21(13-11-14)17-4-2-1-3-5-17/h1-9,14H,10-13H2,(H,20,22). The lowest BCUT2D eigenvalue weighted by Crippen LogP contribution is -2.38. The Kier molecular flexibility index (Phi) is 4.64. The second-order valence-electron chi connectivity index (χ2n) is 5.59. The number of carbonyl (C=O) groups excluding carboxylic acids is 1. The highest BCUT2D eigenvalue weighted by atomic mass is 35.5. The monoisotopic (exact) mass is 314 g/mol. The van der Waals surface area contributed by atoms with Gasteiger partial charge in [-0.3, -0.25) is 4.79 Å². The molecule has 1 heterocycles. The molecule has 1 fully saturated rings. The summed E-state index contributed by atoms with van der Waals surface area (Å²) >= 11 is 5.85. The first kappa shape index (κ1) is 14.9. The van der Waals surface area contributed by atoms with Crippen LogP contribution in [0, 0.1) is 5.92 Å². The fourth-order valence-corrected chi connectivity index (χ4v) is 2.94. The summed E-state index contributed by atoms with van der Waals surface area (Å²) in [5.41, 5.74) is 2.04. The molecule has 3 nitrogen and oxygen atoms in total. The van der Waals surface area contributed by atoms with E-state index in [1.54, 1.807) is 12.1 Å². The molecule has 0 bridgehead atoms. The molecule has 2 aromatic rings. The Labute approximate surface area is 135 Å². The van der Waals surface area contributed by atoms with Gasteiger partial charge >= 0.3 is 0 Å². The van der Waals surface area contributed by atoms with Gasteiger partial charge in [-0.2, -0.15) is 0 Å². The van der Waals surface area contributed by atoms with E-state index < -0.39 is 0 Å². The van der Waals surface area contributed by atoms with Gasteiger partial charge in [0, 0.05) is 35.4 Å². The number of nitrogens with zero attached hydrogens (tertiary/aromatic N) is 1. The van der Waals surface area contributed by atoms with E-state index in [2.05, 4.69) is 34.5 Å². The summed E-state index contributed by atoms with van der Waals surface area (Å²) in [5, 5.41) is 3.65. The lowest BCUT2D eigenvalue weighted by Gasteiger charge is -2.33. The number of hydrogen-bond donors (Lipinski definition) is 1. The minimum Gasteiger partial charge on any atom is -0.371 e. The molecule has 2 aromatic carbocycles. The SMILES string of the molecule is O=C(Nc1ccc(Cl)cc1)C1CCN(c2ccccc2)CC1. The zero-order valence-electron chi connectivity index (χ0n) is 12.3. The first-order valence-corrected chi connectivity index (χ1v) is 7.96. The Bertz CT molecular complexity index is 619. The molecule has 0 unspecified atom stereocenters. The lowest BCUT2D eigenvalue weighted by molar-refractivity contribution is -0.120. The first-order chi connectivity index (χ1) is 10.7. The second kappa shape index (κ2) is 6.84. The number of carbonyl (C=O) groups is 1. The predicted molar refractivity (Wildman–Crippen MR) is 91.5 cm³/mol. The fraction of sp³-hybridized carbons (Fsp3) is 0.278. The van der Waals surface area contributed by atoms with Gasteiger partial charge in [-0.1, -0.05) is 29.8 Å². The molecule has 1 amide bonds. The van der Waals surface area contributed by atoms with Crippen LogP contribution in [-0.2, 0) is 4.79 Å². The summed E-state index contributed by atoms with van der Waals surface area (Å²) in [6.07, 6.45) is 1.77. The van der Waals surface area contributed by atoms with Crippen LogP contribution in [0.5, 0.6) is 0 Å². The molecule has 1 aliphatic rings. The highest BCUT2D eigenvalue weighted by Crippen LogP contribution is 2.24. The minimum absolute atomic E-state index is 0.0793. The topological polar surface area (TPSA) is 32.3 Å². The van der Waals surface area contributed by atoms with Crippen LogP contribution in [0.1, 0.15) is 12.8 Å². The number of piperidine rings is 1. The van der Waals surface area contributed by atoms with Crippen molar-refractivity contribution in [2.45, 2.75) is 12.8 Å². The van der Waals surface area contributed by atoms with Crippen molar-refractivity contribution in [2.75, 3.05) is 23.3 Å². The molecular formula is C18H19ClN2O. The predicted octanol–water partition coefficient (Wildman–Crippen LogP) is 4.20. The average molecular weight is 315 g/mol. The summed E-state index contributed by atoms with van der Waals surface area (Å²) in [4.78, 5) is 14.7. The van der Waals surface area contributed by atoms with Gasteiger partial charge in [0.05, 0.1) is 0 Å². The third kappa shape index (κ3) is 3.60. The number of halogens is 1. The molecule has 4 heteroatoms. The highest BCUT2D eigenvalue weighted by Gasteiger charge is 2.25. The van der Waals surface area contributed by atoms with Gasteiger partial charge in [0.1, 0.15) is 0 Å². The van der Waals surface area contributed by atoms with Crippen LogP contribution in [-0.4, -0.2) is 19.0 Å². The van der Waals surface area contributed by atoms with Crippen LogP contribution < -0.4 is 10.2 Å². The maximum Gasteiger partial charge on any atom is 0.227 e. The summed E-state index contributed by atoms with van der Waals surface area (Å²) in [6.45, 7) is 1.84. The largest absolute Gasteiger partial charge is 0.371 e. The Morgan fingerprint density at radius 3 is 2.27 bits per heavy atom. The molecule has 0 aliphatic carbocycles.